The average Bonchev–Trinajstić information content (AvgIpc) is 1.59. The van der Waals surface area contributed by atoms with E-state index in [1.807, 2.05) is 0 Å². The van der Waals surface area contributed by atoms with Crippen molar-refractivity contribution in [3.63, 3.8) is 0 Å². The molecule has 0 rings (SSSR count). The van der Waals surface area contributed by atoms with E-state index in [1.54, 1.807) is 5.32 Å². The van der Waals surface area contributed by atoms with Crippen molar-refractivity contribution in [1.29, 1.82) is 0 Å². The van der Waals surface area contributed by atoms with Gasteiger partial charge in [0.05, 0.1) is 0 Å². The molecule has 0 aliphatic rings. The van der Waals surface area contributed by atoms with Crippen LogP contribution in [0.15, 0.2) is 0 Å². The van der Waals surface area contributed by atoms with E-state index in [-0.39, 0.29) is 33.9 Å². The van der Waals surface area contributed by atoms with Crippen molar-refractivity contribution in [3.8, 4) is 0 Å². The monoisotopic (exact) mass is 197 g/mol. The fourth-order valence-corrected chi connectivity index (χ4v) is 0.317. The van der Waals surface area contributed by atoms with Crippen molar-refractivity contribution in [2.75, 3.05) is 6.54 Å². The molecule has 0 saturated carbocycles. The molecule has 10 heavy (non-hydrogen) atoms. The zero-order chi connectivity index (χ0) is 7.49. The SMILES string of the molecule is FC(F)(F)CNC(=S)[S-].[Na+]. The van der Waals surface area contributed by atoms with Crippen LogP contribution < -0.4 is 34.9 Å². The van der Waals surface area contributed by atoms with Gasteiger partial charge in [-0.15, -0.1) is 0 Å². The van der Waals surface area contributed by atoms with Gasteiger partial charge in [-0.05, 0) is 0 Å². The molecule has 0 spiro atoms. The van der Waals surface area contributed by atoms with Crippen LogP contribution in [0.2, 0.25) is 0 Å². The van der Waals surface area contributed by atoms with Gasteiger partial charge in [0, 0.05) is 0 Å². The number of halogens is 3. The van der Waals surface area contributed by atoms with Gasteiger partial charge in [0.15, 0.2) is 0 Å². The van der Waals surface area contributed by atoms with Crippen LogP contribution in [-0.2, 0) is 12.6 Å². The van der Waals surface area contributed by atoms with Gasteiger partial charge in [0.2, 0.25) is 0 Å². The summed E-state index contributed by atoms with van der Waals surface area (Å²) >= 11 is 8.33. The summed E-state index contributed by atoms with van der Waals surface area (Å²) in [5.41, 5.74) is 0. The van der Waals surface area contributed by atoms with Gasteiger partial charge in [-0.3, -0.25) is 0 Å². The molecule has 0 bridgehead atoms. The molecule has 0 radical (unpaired) electrons. The molecule has 0 aromatic rings. The summed E-state index contributed by atoms with van der Waals surface area (Å²) in [5.74, 6) is 0. The Morgan fingerprint density at radius 1 is 1.50 bits per heavy atom. The summed E-state index contributed by atoms with van der Waals surface area (Å²) in [4.78, 5) is 0. The molecule has 0 aromatic carbocycles. The summed E-state index contributed by atoms with van der Waals surface area (Å²) in [7, 11) is 0. The Labute approximate surface area is 89.4 Å². The second kappa shape index (κ2) is 5.54. The first-order valence-corrected chi connectivity index (χ1v) is 2.75. The molecule has 0 heterocycles. The third-order valence-electron chi connectivity index (χ3n) is 0.433. The second-order valence-electron chi connectivity index (χ2n) is 1.26. The van der Waals surface area contributed by atoms with Crippen LogP contribution >= 0.6 is 12.2 Å². The molecule has 0 atom stereocenters. The van der Waals surface area contributed by atoms with Gasteiger partial charge < -0.3 is 30.2 Å². The molecular formula is C3H3F3NNaS2. The molecule has 1 nitrogen and oxygen atoms in total. The van der Waals surface area contributed by atoms with Gasteiger partial charge >= 0.3 is 35.7 Å². The minimum atomic E-state index is -4.23. The maximum Gasteiger partial charge on any atom is 1.00 e. The molecule has 0 aliphatic heterocycles. The molecule has 0 aromatic heterocycles. The van der Waals surface area contributed by atoms with Crippen molar-refractivity contribution >= 4 is 29.2 Å². The van der Waals surface area contributed by atoms with E-state index in [2.05, 4.69) is 24.8 Å². The van der Waals surface area contributed by atoms with Crippen LogP contribution in [0.1, 0.15) is 0 Å². The summed E-state index contributed by atoms with van der Waals surface area (Å²) in [6.45, 7) is -1.14. The molecule has 0 aliphatic carbocycles. The Hall–Kier alpha value is 0.900. The summed E-state index contributed by atoms with van der Waals surface area (Å²) < 4.78 is 33.5. The predicted molar refractivity (Wildman–Crippen MR) is 34.0 cm³/mol. The molecule has 1 N–H and O–H groups in total. The standard InChI is InChI=1S/C3H4F3NS2.Na/c4-3(5,6)1-7-2(8)9;/h1H2,(H2,7,8,9);/q;+1/p-1. The van der Waals surface area contributed by atoms with E-state index in [4.69, 9.17) is 0 Å². The average molecular weight is 197 g/mol. The quantitative estimate of drug-likeness (QED) is 0.296. The van der Waals surface area contributed by atoms with Gasteiger partial charge in [0.1, 0.15) is 6.54 Å². The fraction of sp³-hybridized carbons (Fsp3) is 0.667. The van der Waals surface area contributed by atoms with E-state index in [0.717, 1.165) is 0 Å². The minimum Gasteiger partial charge on any atom is -0.412 e. The second-order valence-corrected chi connectivity index (χ2v) is 2.33. The van der Waals surface area contributed by atoms with Crippen LogP contribution in [0, 0.1) is 0 Å². The maximum atomic E-state index is 11.2. The number of thiocarbonyl (C=S) groups is 1. The Balaban J connectivity index is 0. The molecule has 0 fully saturated rings. The Kier molecular flexibility index (Phi) is 7.47. The predicted octanol–water partition coefficient (Wildman–Crippen LogP) is -2.03. The van der Waals surface area contributed by atoms with E-state index in [0.29, 0.717) is 0 Å². The van der Waals surface area contributed by atoms with Crippen LogP contribution in [-0.4, -0.2) is 17.0 Å². The number of rotatable bonds is 1. The Bertz CT molecular complexity index is 115. The van der Waals surface area contributed by atoms with Crippen molar-refractivity contribution in [1.82, 2.24) is 5.32 Å². The van der Waals surface area contributed by atoms with Crippen molar-refractivity contribution in [3.05, 3.63) is 0 Å². The van der Waals surface area contributed by atoms with Crippen LogP contribution in [0.3, 0.4) is 0 Å². The summed E-state index contributed by atoms with van der Waals surface area (Å²) in [6, 6.07) is 0. The normalized spacial score (nSPS) is 9.90. The van der Waals surface area contributed by atoms with Crippen LogP contribution in [0.25, 0.3) is 0 Å². The third kappa shape index (κ3) is 11.7. The molecular weight excluding hydrogens is 194 g/mol. The minimum absolute atomic E-state index is 0. The molecule has 54 valence electrons. The first-order valence-electron chi connectivity index (χ1n) is 1.93. The smallest absolute Gasteiger partial charge is 0.412 e. The first kappa shape index (κ1) is 13.5. The molecule has 7 heteroatoms. The summed E-state index contributed by atoms with van der Waals surface area (Å²) in [6.07, 6.45) is -4.23. The van der Waals surface area contributed by atoms with Gasteiger partial charge in [-0.2, -0.15) is 13.2 Å². The third-order valence-corrected chi connectivity index (χ3v) is 0.722. The Morgan fingerprint density at radius 3 is 2.00 bits per heavy atom. The van der Waals surface area contributed by atoms with Crippen molar-refractivity contribution in [2.45, 2.75) is 6.18 Å². The van der Waals surface area contributed by atoms with Crippen LogP contribution in [0.4, 0.5) is 13.2 Å². The van der Waals surface area contributed by atoms with Crippen molar-refractivity contribution in [2.24, 2.45) is 0 Å². The number of nitrogens with one attached hydrogen (secondary N) is 1. The zero-order valence-electron chi connectivity index (χ0n) is 5.16. The Morgan fingerprint density at radius 2 is 1.90 bits per heavy atom. The topological polar surface area (TPSA) is 12.0 Å². The van der Waals surface area contributed by atoms with Gasteiger partial charge in [0.25, 0.3) is 0 Å². The largest absolute Gasteiger partial charge is 1.00 e. The van der Waals surface area contributed by atoms with E-state index in [1.165, 1.54) is 0 Å². The fourth-order valence-electron chi connectivity index (χ4n) is 0.172. The number of hydrogen-bond donors (Lipinski definition) is 1. The van der Waals surface area contributed by atoms with E-state index in [9.17, 15) is 13.2 Å². The van der Waals surface area contributed by atoms with Gasteiger partial charge in [-0.25, -0.2) is 0 Å². The van der Waals surface area contributed by atoms with E-state index < -0.39 is 12.7 Å². The summed E-state index contributed by atoms with van der Waals surface area (Å²) in [5, 5.41) is 1.81. The molecule has 0 amide bonds. The first-order chi connectivity index (χ1) is 3.92. The van der Waals surface area contributed by atoms with E-state index >= 15 is 0 Å². The number of hydrogen-bond acceptors (Lipinski definition) is 2. The van der Waals surface area contributed by atoms with Gasteiger partial charge in [-0.1, -0.05) is 4.32 Å². The maximum absolute atomic E-state index is 11.2. The van der Waals surface area contributed by atoms with Crippen molar-refractivity contribution < 1.29 is 42.7 Å². The van der Waals surface area contributed by atoms with Crippen LogP contribution in [0.5, 0.6) is 0 Å². The molecule has 0 saturated heterocycles. The molecule has 0 unspecified atom stereocenters. The zero-order valence-corrected chi connectivity index (χ0v) is 8.79. The number of alkyl halides is 3.